The molecule has 0 radical (unpaired) electrons. The van der Waals surface area contributed by atoms with Crippen molar-refractivity contribution in [1.82, 2.24) is 0 Å². The fourth-order valence-electron chi connectivity index (χ4n) is 0.262. The average Bonchev–Trinajstić information content (AvgIpc) is 1.83. The van der Waals surface area contributed by atoms with E-state index in [2.05, 4.69) is 12.6 Å². The zero-order valence-electron chi connectivity index (χ0n) is 4.89. The monoisotopic (exact) mass is 134 g/mol. The molecule has 0 aliphatic rings. The number of Topliss-reactive ketones (excluding diaryl/α,β-unsaturated/α-hetero) is 1. The molecule has 0 saturated carbocycles. The van der Waals surface area contributed by atoms with Crippen LogP contribution in [0.5, 0.6) is 0 Å². The van der Waals surface area contributed by atoms with Crippen LogP contribution in [-0.4, -0.2) is 24.7 Å². The Bertz CT molecular complexity index is 72.8. The van der Waals surface area contributed by atoms with E-state index < -0.39 is 0 Å². The first-order valence-electron chi connectivity index (χ1n) is 2.51. The number of hydrogen-bond donors (Lipinski definition) is 1. The van der Waals surface area contributed by atoms with Crippen molar-refractivity contribution in [2.24, 2.45) is 0 Å². The lowest BCUT2D eigenvalue weighted by Crippen LogP contribution is -2.08. The molecule has 0 atom stereocenters. The van der Waals surface area contributed by atoms with Crippen LogP contribution in [0.1, 0.15) is 6.92 Å². The summed E-state index contributed by atoms with van der Waals surface area (Å²) in [6.45, 7) is 2.66. The van der Waals surface area contributed by atoms with Gasteiger partial charge in [0, 0.05) is 6.61 Å². The smallest absolute Gasteiger partial charge is 0.168 e. The first-order chi connectivity index (χ1) is 3.81. The van der Waals surface area contributed by atoms with E-state index in [-0.39, 0.29) is 18.1 Å². The van der Waals surface area contributed by atoms with Crippen LogP contribution < -0.4 is 0 Å². The van der Waals surface area contributed by atoms with E-state index in [0.717, 1.165) is 0 Å². The number of ether oxygens (including phenoxy) is 1. The standard InChI is InChI=1S/C5H10O2S/c1-2-7-3-5(6)4-8/h8H,2-4H2,1H3. The molecule has 0 aromatic heterocycles. The highest BCUT2D eigenvalue weighted by atomic mass is 32.1. The van der Waals surface area contributed by atoms with E-state index in [9.17, 15) is 4.79 Å². The van der Waals surface area contributed by atoms with Crippen LogP contribution in [0.15, 0.2) is 0 Å². The van der Waals surface area contributed by atoms with Crippen molar-refractivity contribution in [3.63, 3.8) is 0 Å². The van der Waals surface area contributed by atoms with E-state index in [1.165, 1.54) is 0 Å². The van der Waals surface area contributed by atoms with Gasteiger partial charge >= 0.3 is 0 Å². The molecule has 0 bridgehead atoms. The Kier molecular flexibility index (Phi) is 5.11. The molecular formula is C5H10O2S. The number of thiol groups is 1. The molecule has 2 nitrogen and oxygen atoms in total. The van der Waals surface area contributed by atoms with Gasteiger partial charge in [0.05, 0.1) is 5.75 Å². The first kappa shape index (κ1) is 7.98. The quantitative estimate of drug-likeness (QED) is 0.567. The van der Waals surface area contributed by atoms with Gasteiger partial charge in [-0.2, -0.15) is 12.6 Å². The number of carbonyl (C=O) groups excluding carboxylic acids is 1. The van der Waals surface area contributed by atoms with Gasteiger partial charge in [0.25, 0.3) is 0 Å². The molecule has 0 saturated heterocycles. The number of ketones is 1. The minimum atomic E-state index is 0.0372. The van der Waals surface area contributed by atoms with Crippen molar-refractivity contribution in [2.45, 2.75) is 6.92 Å². The molecule has 0 aliphatic heterocycles. The van der Waals surface area contributed by atoms with Gasteiger partial charge in [-0.05, 0) is 6.92 Å². The molecule has 0 aromatic carbocycles. The molecule has 0 N–H and O–H groups in total. The van der Waals surface area contributed by atoms with Crippen molar-refractivity contribution in [2.75, 3.05) is 19.0 Å². The summed E-state index contributed by atoms with van der Waals surface area (Å²) in [5.41, 5.74) is 0. The molecule has 48 valence electrons. The minimum absolute atomic E-state index is 0.0372. The van der Waals surface area contributed by atoms with Crippen LogP contribution >= 0.6 is 12.6 Å². The highest BCUT2D eigenvalue weighted by molar-refractivity contribution is 7.81. The van der Waals surface area contributed by atoms with Gasteiger partial charge in [-0.3, -0.25) is 4.79 Å². The third kappa shape index (κ3) is 4.15. The molecule has 0 aliphatic carbocycles. The van der Waals surface area contributed by atoms with E-state index in [0.29, 0.717) is 6.61 Å². The number of hydrogen-bond acceptors (Lipinski definition) is 3. The Balaban J connectivity index is 2.99. The zero-order valence-corrected chi connectivity index (χ0v) is 5.78. The molecule has 0 spiro atoms. The van der Waals surface area contributed by atoms with Gasteiger partial charge in [-0.1, -0.05) is 0 Å². The topological polar surface area (TPSA) is 26.3 Å². The summed E-state index contributed by atoms with van der Waals surface area (Å²) >= 11 is 3.76. The molecule has 0 rings (SSSR count). The fourth-order valence-corrected chi connectivity index (χ4v) is 0.353. The Morgan fingerprint density at radius 2 is 2.38 bits per heavy atom. The fraction of sp³-hybridized carbons (Fsp3) is 0.800. The van der Waals surface area contributed by atoms with Crippen LogP contribution in [0, 0.1) is 0 Å². The molecule has 0 unspecified atom stereocenters. The second kappa shape index (κ2) is 5.12. The summed E-state index contributed by atoms with van der Waals surface area (Å²) in [7, 11) is 0. The van der Waals surface area contributed by atoms with Gasteiger partial charge in [0.15, 0.2) is 5.78 Å². The highest BCUT2D eigenvalue weighted by Gasteiger charge is 1.94. The molecule has 3 heteroatoms. The summed E-state index contributed by atoms with van der Waals surface area (Å²) in [6, 6.07) is 0. The van der Waals surface area contributed by atoms with Crippen molar-refractivity contribution in [3.8, 4) is 0 Å². The lowest BCUT2D eigenvalue weighted by Gasteiger charge is -1.94. The van der Waals surface area contributed by atoms with E-state index >= 15 is 0 Å². The minimum Gasteiger partial charge on any atom is -0.374 e. The molecule has 8 heavy (non-hydrogen) atoms. The largest absolute Gasteiger partial charge is 0.374 e. The third-order valence-corrected chi connectivity index (χ3v) is 0.996. The van der Waals surface area contributed by atoms with E-state index in [4.69, 9.17) is 4.74 Å². The van der Waals surface area contributed by atoms with Crippen molar-refractivity contribution >= 4 is 18.4 Å². The van der Waals surface area contributed by atoms with Crippen LogP contribution in [0.2, 0.25) is 0 Å². The predicted octanol–water partition coefficient (Wildman–Crippen LogP) is 0.522. The van der Waals surface area contributed by atoms with Crippen LogP contribution in [0.25, 0.3) is 0 Å². The maximum absolute atomic E-state index is 10.4. The summed E-state index contributed by atoms with van der Waals surface area (Å²) in [5.74, 6) is 0.315. The Morgan fingerprint density at radius 1 is 1.75 bits per heavy atom. The molecule has 0 heterocycles. The summed E-state index contributed by atoms with van der Waals surface area (Å²) < 4.78 is 4.79. The molecule has 0 fully saturated rings. The van der Waals surface area contributed by atoms with Crippen LogP contribution in [-0.2, 0) is 9.53 Å². The number of rotatable bonds is 4. The molecular weight excluding hydrogens is 124 g/mol. The molecule has 0 amide bonds. The zero-order chi connectivity index (χ0) is 6.41. The average molecular weight is 134 g/mol. The summed E-state index contributed by atoms with van der Waals surface area (Å²) in [5, 5.41) is 0. The Morgan fingerprint density at radius 3 is 2.75 bits per heavy atom. The second-order valence-electron chi connectivity index (χ2n) is 1.33. The van der Waals surface area contributed by atoms with Crippen LogP contribution in [0.3, 0.4) is 0 Å². The van der Waals surface area contributed by atoms with Crippen molar-refractivity contribution in [1.29, 1.82) is 0 Å². The third-order valence-electron chi connectivity index (χ3n) is 0.644. The van der Waals surface area contributed by atoms with Crippen molar-refractivity contribution in [3.05, 3.63) is 0 Å². The van der Waals surface area contributed by atoms with Gasteiger partial charge < -0.3 is 4.74 Å². The maximum atomic E-state index is 10.4. The number of carbonyl (C=O) groups is 1. The van der Waals surface area contributed by atoms with Gasteiger partial charge in [-0.25, -0.2) is 0 Å². The lowest BCUT2D eigenvalue weighted by molar-refractivity contribution is -0.120. The normalized spacial score (nSPS) is 9.25. The lowest BCUT2D eigenvalue weighted by atomic mass is 10.5. The first-order valence-corrected chi connectivity index (χ1v) is 3.14. The van der Waals surface area contributed by atoms with Gasteiger partial charge in [-0.15, -0.1) is 0 Å². The second-order valence-corrected chi connectivity index (χ2v) is 1.65. The SMILES string of the molecule is CCOCC(=O)CS. The van der Waals surface area contributed by atoms with E-state index in [1.807, 2.05) is 6.92 Å². The summed E-state index contributed by atoms with van der Waals surface area (Å²) in [6.07, 6.45) is 0. The highest BCUT2D eigenvalue weighted by Crippen LogP contribution is 1.79. The van der Waals surface area contributed by atoms with Gasteiger partial charge in [0.1, 0.15) is 6.61 Å². The predicted molar refractivity (Wildman–Crippen MR) is 35.4 cm³/mol. The van der Waals surface area contributed by atoms with Crippen LogP contribution in [0.4, 0.5) is 0 Å². The van der Waals surface area contributed by atoms with E-state index in [1.54, 1.807) is 0 Å². The maximum Gasteiger partial charge on any atom is 0.168 e. The van der Waals surface area contributed by atoms with Gasteiger partial charge in [0.2, 0.25) is 0 Å². The Hall–Kier alpha value is -0.0200. The molecule has 0 aromatic rings. The summed E-state index contributed by atoms with van der Waals surface area (Å²) in [4.78, 5) is 10.4. The van der Waals surface area contributed by atoms with Crippen molar-refractivity contribution < 1.29 is 9.53 Å². The Labute approximate surface area is 54.6 Å².